The first-order valence-corrected chi connectivity index (χ1v) is 7.11. The molecule has 0 aromatic rings. The zero-order valence-electron chi connectivity index (χ0n) is 7.96. The molecule has 3 nitrogen and oxygen atoms in total. The fraction of sp³-hybridized carbons (Fsp3) is 1.00. The highest BCUT2D eigenvalue weighted by Crippen LogP contribution is 2.08. The standard InChI is InChI=1S/C8H17IO3S/c1-2-3-4-5-6-7-8-13(10,11)12-9/h2-8H2,1H3. The van der Waals surface area contributed by atoms with Crippen LogP contribution in [0.5, 0.6) is 0 Å². The molecule has 0 aliphatic carbocycles. The molecule has 0 N–H and O–H groups in total. The Hall–Kier alpha value is 0.640. The third kappa shape index (κ3) is 8.96. The van der Waals surface area contributed by atoms with Gasteiger partial charge in [-0.3, -0.25) is 0 Å². The van der Waals surface area contributed by atoms with Gasteiger partial charge in [0.2, 0.25) is 0 Å². The normalized spacial score (nSPS) is 11.8. The van der Waals surface area contributed by atoms with E-state index in [4.69, 9.17) is 0 Å². The molecule has 0 rings (SSSR count). The SMILES string of the molecule is CCCCCCCCS(=O)(=O)OI. The quantitative estimate of drug-likeness (QED) is 0.510. The van der Waals surface area contributed by atoms with Crippen molar-refractivity contribution in [3.05, 3.63) is 0 Å². The first-order chi connectivity index (χ1) is 6.12. The minimum atomic E-state index is -3.23. The Bertz CT molecular complexity index is 201. The van der Waals surface area contributed by atoms with Gasteiger partial charge in [0.15, 0.2) is 0 Å². The highest BCUT2D eigenvalue weighted by molar-refractivity contribution is 14.1. The van der Waals surface area contributed by atoms with E-state index in [0.717, 1.165) is 19.3 Å². The van der Waals surface area contributed by atoms with Gasteiger partial charge in [-0.25, -0.2) is 0 Å². The average Bonchev–Trinajstić information content (AvgIpc) is 2.11. The monoisotopic (exact) mass is 320 g/mol. The van der Waals surface area contributed by atoms with Gasteiger partial charge in [0, 0.05) is 0 Å². The largest absolute Gasteiger partial charge is 0.276 e. The van der Waals surface area contributed by atoms with E-state index in [1.807, 2.05) is 0 Å². The lowest BCUT2D eigenvalue weighted by molar-refractivity contribution is 0.529. The topological polar surface area (TPSA) is 43.4 Å². The Morgan fingerprint density at radius 2 is 1.62 bits per heavy atom. The zero-order valence-corrected chi connectivity index (χ0v) is 10.9. The van der Waals surface area contributed by atoms with Crippen molar-refractivity contribution >= 4 is 33.1 Å². The molecular weight excluding hydrogens is 303 g/mol. The Balaban J connectivity index is 3.26. The van der Waals surface area contributed by atoms with Crippen molar-refractivity contribution < 1.29 is 10.9 Å². The second-order valence-electron chi connectivity index (χ2n) is 3.09. The summed E-state index contributed by atoms with van der Waals surface area (Å²) in [4.78, 5) is 0. The Morgan fingerprint density at radius 3 is 2.15 bits per heavy atom. The van der Waals surface area contributed by atoms with Gasteiger partial charge in [0.1, 0.15) is 23.0 Å². The van der Waals surface area contributed by atoms with Crippen LogP contribution in [0.2, 0.25) is 0 Å². The molecule has 5 heteroatoms. The van der Waals surface area contributed by atoms with Crippen LogP contribution in [-0.4, -0.2) is 14.2 Å². The van der Waals surface area contributed by atoms with E-state index >= 15 is 0 Å². The van der Waals surface area contributed by atoms with Gasteiger partial charge < -0.3 is 0 Å². The summed E-state index contributed by atoms with van der Waals surface area (Å²) >= 11 is 1.42. The van der Waals surface area contributed by atoms with Gasteiger partial charge in [-0.05, 0) is 6.42 Å². The molecule has 0 aliphatic heterocycles. The van der Waals surface area contributed by atoms with E-state index in [-0.39, 0.29) is 5.75 Å². The third-order valence-electron chi connectivity index (χ3n) is 1.84. The number of hydrogen-bond donors (Lipinski definition) is 0. The lowest BCUT2D eigenvalue weighted by Gasteiger charge is -2.00. The Labute approximate surface area is 95.1 Å². The fourth-order valence-corrected chi connectivity index (χ4v) is 2.25. The molecule has 0 aromatic carbocycles. The molecule has 0 saturated carbocycles. The summed E-state index contributed by atoms with van der Waals surface area (Å²) in [5.41, 5.74) is 0. The molecule has 0 aromatic heterocycles. The molecule has 0 atom stereocenters. The van der Waals surface area contributed by atoms with E-state index < -0.39 is 10.1 Å². The summed E-state index contributed by atoms with van der Waals surface area (Å²) in [5.74, 6) is 0.155. The van der Waals surface area contributed by atoms with Crippen LogP contribution in [0.25, 0.3) is 0 Å². The van der Waals surface area contributed by atoms with Crippen molar-refractivity contribution in [2.75, 3.05) is 5.75 Å². The number of rotatable bonds is 8. The van der Waals surface area contributed by atoms with Gasteiger partial charge in [-0.1, -0.05) is 39.0 Å². The second kappa shape index (κ2) is 7.99. The molecule has 0 radical (unpaired) electrons. The molecule has 80 valence electrons. The van der Waals surface area contributed by atoms with Crippen LogP contribution in [0.4, 0.5) is 0 Å². The molecule has 0 fully saturated rings. The maximum absolute atomic E-state index is 10.9. The van der Waals surface area contributed by atoms with Crippen LogP contribution in [0.3, 0.4) is 0 Å². The summed E-state index contributed by atoms with van der Waals surface area (Å²) in [6.45, 7) is 2.16. The van der Waals surface area contributed by atoms with Crippen molar-refractivity contribution in [3.63, 3.8) is 0 Å². The lowest BCUT2D eigenvalue weighted by Crippen LogP contribution is -2.04. The molecule has 0 bridgehead atoms. The molecule has 13 heavy (non-hydrogen) atoms. The second-order valence-corrected chi connectivity index (χ2v) is 5.82. The van der Waals surface area contributed by atoms with Gasteiger partial charge in [-0.2, -0.15) is 10.9 Å². The molecule has 0 heterocycles. The van der Waals surface area contributed by atoms with Crippen LogP contribution >= 0.6 is 23.0 Å². The molecule has 0 saturated heterocycles. The molecule has 0 amide bonds. The summed E-state index contributed by atoms with van der Waals surface area (Å²) in [6, 6.07) is 0. The van der Waals surface area contributed by atoms with Crippen LogP contribution in [0.15, 0.2) is 0 Å². The number of hydrogen-bond acceptors (Lipinski definition) is 3. The van der Waals surface area contributed by atoms with E-state index in [0.29, 0.717) is 0 Å². The van der Waals surface area contributed by atoms with Crippen molar-refractivity contribution in [2.24, 2.45) is 0 Å². The number of unbranched alkanes of at least 4 members (excludes halogenated alkanes) is 5. The van der Waals surface area contributed by atoms with Crippen molar-refractivity contribution in [1.29, 1.82) is 0 Å². The Morgan fingerprint density at radius 1 is 1.08 bits per heavy atom. The minimum Gasteiger partial charge on any atom is -0.199 e. The minimum absolute atomic E-state index is 0.155. The predicted octanol–water partition coefficient (Wildman–Crippen LogP) is 3.04. The van der Waals surface area contributed by atoms with Gasteiger partial charge >= 0.3 is 0 Å². The van der Waals surface area contributed by atoms with E-state index in [1.54, 1.807) is 0 Å². The summed E-state index contributed by atoms with van der Waals surface area (Å²) < 4.78 is 26.0. The molecule has 0 aliphatic rings. The Kier molecular flexibility index (Phi) is 8.38. The van der Waals surface area contributed by atoms with Crippen LogP contribution in [-0.2, 0) is 12.6 Å². The van der Waals surface area contributed by atoms with E-state index in [2.05, 4.69) is 9.44 Å². The highest BCUT2D eigenvalue weighted by atomic mass is 127. The highest BCUT2D eigenvalue weighted by Gasteiger charge is 2.07. The molecule has 0 spiro atoms. The summed E-state index contributed by atoms with van der Waals surface area (Å²) in [7, 11) is -3.23. The first-order valence-electron chi connectivity index (χ1n) is 4.65. The predicted molar refractivity (Wildman–Crippen MR) is 62.3 cm³/mol. The van der Waals surface area contributed by atoms with Crippen LogP contribution < -0.4 is 0 Å². The van der Waals surface area contributed by atoms with Crippen molar-refractivity contribution in [1.82, 2.24) is 0 Å². The van der Waals surface area contributed by atoms with Gasteiger partial charge in [0.05, 0.1) is 5.75 Å². The summed E-state index contributed by atoms with van der Waals surface area (Å²) in [6.07, 6.45) is 6.51. The third-order valence-corrected chi connectivity index (χ3v) is 4.47. The molecular formula is C8H17IO3S. The maximum atomic E-state index is 10.9. The van der Waals surface area contributed by atoms with Crippen molar-refractivity contribution in [2.45, 2.75) is 45.4 Å². The smallest absolute Gasteiger partial charge is 0.199 e. The lowest BCUT2D eigenvalue weighted by atomic mass is 10.1. The summed E-state index contributed by atoms with van der Waals surface area (Å²) in [5, 5.41) is 0. The van der Waals surface area contributed by atoms with Crippen molar-refractivity contribution in [3.8, 4) is 0 Å². The van der Waals surface area contributed by atoms with E-state index in [1.165, 1.54) is 42.3 Å². The van der Waals surface area contributed by atoms with Gasteiger partial charge in [0.25, 0.3) is 10.1 Å². The van der Waals surface area contributed by atoms with E-state index in [9.17, 15) is 8.42 Å². The average molecular weight is 320 g/mol. The molecule has 0 unspecified atom stereocenters. The van der Waals surface area contributed by atoms with Gasteiger partial charge in [-0.15, -0.1) is 0 Å². The fourth-order valence-electron chi connectivity index (χ4n) is 1.09. The van der Waals surface area contributed by atoms with Crippen LogP contribution in [0.1, 0.15) is 45.4 Å². The zero-order chi connectivity index (χ0) is 10.2. The first kappa shape index (κ1) is 13.6. The maximum Gasteiger partial charge on any atom is 0.276 e. The number of halogens is 1. The van der Waals surface area contributed by atoms with Crippen LogP contribution in [0, 0.1) is 0 Å².